The second-order valence-electron chi connectivity index (χ2n) is 5.14. The quantitative estimate of drug-likeness (QED) is 0.787. The lowest BCUT2D eigenvalue weighted by Gasteiger charge is -2.21. The molecule has 2 aromatic rings. The zero-order chi connectivity index (χ0) is 15.4. The summed E-state index contributed by atoms with van der Waals surface area (Å²) in [5, 5.41) is 22.6. The molecule has 0 bridgehead atoms. The molecule has 0 amide bonds. The van der Waals surface area contributed by atoms with Crippen LogP contribution in [0.15, 0.2) is 42.5 Å². The van der Waals surface area contributed by atoms with E-state index in [1.165, 1.54) is 7.11 Å². The summed E-state index contributed by atoms with van der Waals surface area (Å²) in [5.74, 6) is 0.862. The fourth-order valence-electron chi connectivity index (χ4n) is 2.33. The number of phenols is 2. The highest BCUT2D eigenvalue weighted by atomic mass is 16.5. The summed E-state index contributed by atoms with van der Waals surface area (Å²) in [6, 6.07) is 12.7. The van der Waals surface area contributed by atoms with Gasteiger partial charge in [0.05, 0.1) is 7.11 Å². The third kappa shape index (κ3) is 3.67. The highest BCUT2D eigenvalue weighted by Gasteiger charge is 2.13. The van der Waals surface area contributed by atoms with Crippen LogP contribution < -0.4 is 10.1 Å². The van der Waals surface area contributed by atoms with Gasteiger partial charge in [-0.1, -0.05) is 18.2 Å². The van der Waals surface area contributed by atoms with E-state index in [9.17, 15) is 10.2 Å². The number of methoxy groups -OCH3 is 1. The first-order valence-corrected chi connectivity index (χ1v) is 6.93. The summed E-state index contributed by atoms with van der Waals surface area (Å²) < 4.78 is 5.13. The second-order valence-corrected chi connectivity index (χ2v) is 5.14. The van der Waals surface area contributed by atoms with Crippen molar-refractivity contribution in [3.05, 3.63) is 53.6 Å². The van der Waals surface area contributed by atoms with E-state index in [4.69, 9.17) is 4.74 Å². The normalized spacial score (nSPS) is 13.7. The Morgan fingerprint density at radius 3 is 2.24 bits per heavy atom. The summed E-state index contributed by atoms with van der Waals surface area (Å²) in [5.41, 5.74) is 2.05. The van der Waals surface area contributed by atoms with Gasteiger partial charge in [-0.3, -0.25) is 0 Å². The Bertz CT molecular complexity index is 613. The smallest absolute Gasteiger partial charge is 0.160 e. The van der Waals surface area contributed by atoms with Crippen LogP contribution in [0.3, 0.4) is 0 Å². The maximum Gasteiger partial charge on any atom is 0.160 e. The van der Waals surface area contributed by atoms with Crippen molar-refractivity contribution >= 4 is 0 Å². The van der Waals surface area contributed by atoms with Gasteiger partial charge in [0.2, 0.25) is 0 Å². The van der Waals surface area contributed by atoms with Crippen LogP contribution in [0.1, 0.15) is 37.1 Å². The second kappa shape index (κ2) is 6.50. The van der Waals surface area contributed by atoms with Gasteiger partial charge in [0.25, 0.3) is 0 Å². The molecule has 21 heavy (non-hydrogen) atoms. The largest absolute Gasteiger partial charge is 0.508 e. The lowest BCUT2D eigenvalue weighted by molar-refractivity contribution is 0.371. The number of phenolic OH excluding ortho intramolecular Hbond substituents is 2. The lowest BCUT2D eigenvalue weighted by Crippen LogP contribution is -2.22. The molecule has 2 atom stereocenters. The molecule has 0 saturated heterocycles. The Labute approximate surface area is 125 Å². The molecule has 2 aromatic carbocycles. The molecule has 2 rings (SSSR count). The van der Waals surface area contributed by atoms with Crippen LogP contribution in [0.4, 0.5) is 0 Å². The Hall–Kier alpha value is -2.20. The van der Waals surface area contributed by atoms with Crippen LogP contribution in [-0.2, 0) is 0 Å². The van der Waals surface area contributed by atoms with Crippen molar-refractivity contribution in [3.63, 3.8) is 0 Å². The molecule has 4 nitrogen and oxygen atoms in total. The van der Waals surface area contributed by atoms with Crippen LogP contribution in [0, 0.1) is 0 Å². The average molecular weight is 287 g/mol. The van der Waals surface area contributed by atoms with Crippen LogP contribution in [-0.4, -0.2) is 17.3 Å². The van der Waals surface area contributed by atoms with E-state index in [0.29, 0.717) is 5.75 Å². The topological polar surface area (TPSA) is 61.7 Å². The molecule has 3 N–H and O–H groups in total. The van der Waals surface area contributed by atoms with Crippen molar-refractivity contribution in [2.24, 2.45) is 0 Å². The molecule has 0 saturated carbocycles. The minimum absolute atomic E-state index is 0.0804. The van der Waals surface area contributed by atoms with E-state index in [-0.39, 0.29) is 23.6 Å². The Morgan fingerprint density at radius 1 is 0.952 bits per heavy atom. The minimum Gasteiger partial charge on any atom is -0.508 e. The van der Waals surface area contributed by atoms with E-state index in [2.05, 4.69) is 5.32 Å². The van der Waals surface area contributed by atoms with Gasteiger partial charge in [-0.2, -0.15) is 0 Å². The van der Waals surface area contributed by atoms with Crippen LogP contribution in [0.5, 0.6) is 17.2 Å². The van der Waals surface area contributed by atoms with Gasteiger partial charge in [0, 0.05) is 12.1 Å². The van der Waals surface area contributed by atoms with Crippen molar-refractivity contribution < 1.29 is 14.9 Å². The van der Waals surface area contributed by atoms with Crippen molar-refractivity contribution in [1.29, 1.82) is 0 Å². The van der Waals surface area contributed by atoms with Crippen molar-refractivity contribution in [1.82, 2.24) is 5.32 Å². The van der Waals surface area contributed by atoms with E-state index >= 15 is 0 Å². The van der Waals surface area contributed by atoms with E-state index in [1.54, 1.807) is 18.2 Å². The van der Waals surface area contributed by atoms with Crippen LogP contribution in [0.2, 0.25) is 0 Å². The number of hydrogen-bond acceptors (Lipinski definition) is 4. The zero-order valence-corrected chi connectivity index (χ0v) is 12.5. The van der Waals surface area contributed by atoms with Gasteiger partial charge in [-0.05, 0) is 49.2 Å². The summed E-state index contributed by atoms with van der Waals surface area (Å²) in [4.78, 5) is 0. The molecule has 0 radical (unpaired) electrons. The molecular weight excluding hydrogens is 266 g/mol. The minimum atomic E-state index is 0.0804. The third-order valence-corrected chi connectivity index (χ3v) is 3.57. The van der Waals surface area contributed by atoms with E-state index in [1.807, 2.05) is 38.1 Å². The SMILES string of the molecule is COc1cc(C(C)NC(C)c2cccc(O)c2)ccc1O. The summed E-state index contributed by atoms with van der Waals surface area (Å²) in [6.45, 7) is 4.09. The predicted molar refractivity (Wildman–Crippen MR) is 82.7 cm³/mol. The summed E-state index contributed by atoms with van der Waals surface area (Å²) >= 11 is 0. The van der Waals surface area contributed by atoms with Gasteiger partial charge in [-0.15, -0.1) is 0 Å². The molecule has 112 valence electrons. The van der Waals surface area contributed by atoms with Crippen molar-refractivity contribution in [2.75, 3.05) is 7.11 Å². The Balaban J connectivity index is 2.12. The molecule has 0 heterocycles. The Morgan fingerprint density at radius 2 is 1.62 bits per heavy atom. The maximum absolute atomic E-state index is 9.63. The third-order valence-electron chi connectivity index (χ3n) is 3.57. The highest BCUT2D eigenvalue weighted by Crippen LogP contribution is 2.30. The number of hydrogen-bond donors (Lipinski definition) is 3. The van der Waals surface area contributed by atoms with Gasteiger partial charge in [0.1, 0.15) is 5.75 Å². The van der Waals surface area contributed by atoms with Gasteiger partial charge < -0.3 is 20.3 Å². The zero-order valence-electron chi connectivity index (χ0n) is 12.5. The van der Waals surface area contributed by atoms with Crippen LogP contribution >= 0.6 is 0 Å². The summed E-state index contributed by atoms with van der Waals surface area (Å²) in [7, 11) is 1.53. The van der Waals surface area contributed by atoms with Crippen molar-refractivity contribution in [3.8, 4) is 17.2 Å². The molecule has 0 aliphatic rings. The Kier molecular flexibility index (Phi) is 4.70. The maximum atomic E-state index is 9.63. The number of ether oxygens (including phenoxy) is 1. The lowest BCUT2D eigenvalue weighted by atomic mass is 10.0. The molecule has 0 aliphatic carbocycles. The van der Waals surface area contributed by atoms with Crippen molar-refractivity contribution in [2.45, 2.75) is 25.9 Å². The molecule has 4 heteroatoms. The number of benzene rings is 2. The first kappa shape index (κ1) is 15.2. The van der Waals surface area contributed by atoms with E-state index < -0.39 is 0 Å². The van der Waals surface area contributed by atoms with Gasteiger partial charge in [-0.25, -0.2) is 0 Å². The number of aromatic hydroxyl groups is 2. The molecule has 0 aliphatic heterocycles. The molecule has 0 aromatic heterocycles. The highest BCUT2D eigenvalue weighted by molar-refractivity contribution is 5.42. The number of nitrogens with one attached hydrogen (secondary N) is 1. The molecule has 2 unspecified atom stereocenters. The standard InChI is InChI=1S/C17H21NO3/c1-11(13-5-4-6-15(19)9-13)18-12(2)14-7-8-16(20)17(10-14)21-3/h4-12,18-20H,1-3H3. The molecule has 0 fully saturated rings. The summed E-state index contributed by atoms with van der Waals surface area (Å²) in [6.07, 6.45) is 0. The first-order chi connectivity index (χ1) is 10.0. The fraction of sp³-hybridized carbons (Fsp3) is 0.294. The molecular formula is C17H21NO3. The average Bonchev–Trinajstić information content (AvgIpc) is 2.47. The molecule has 0 spiro atoms. The predicted octanol–water partition coefficient (Wildman–Crippen LogP) is 3.52. The first-order valence-electron chi connectivity index (χ1n) is 6.93. The van der Waals surface area contributed by atoms with Gasteiger partial charge in [0.15, 0.2) is 11.5 Å². The van der Waals surface area contributed by atoms with E-state index in [0.717, 1.165) is 11.1 Å². The number of rotatable bonds is 5. The fourth-order valence-corrected chi connectivity index (χ4v) is 2.33. The van der Waals surface area contributed by atoms with Gasteiger partial charge >= 0.3 is 0 Å². The monoisotopic (exact) mass is 287 g/mol. The van der Waals surface area contributed by atoms with Crippen LogP contribution in [0.25, 0.3) is 0 Å².